The van der Waals surface area contributed by atoms with Crippen LogP contribution in [0.1, 0.15) is 12.5 Å². The van der Waals surface area contributed by atoms with Crippen LogP contribution in [0.5, 0.6) is 0 Å². The highest BCUT2D eigenvalue weighted by Crippen LogP contribution is 2.26. The van der Waals surface area contributed by atoms with Crippen LogP contribution >= 0.6 is 0 Å². The van der Waals surface area contributed by atoms with Gasteiger partial charge in [0.05, 0.1) is 5.52 Å². The first-order chi connectivity index (χ1) is 9.81. The molecule has 0 saturated carbocycles. The van der Waals surface area contributed by atoms with E-state index < -0.39 is 0 Å². The molecule has 3 aromatic rings. The molecule has 100 valence electrons. The molecular formula is C18H18N2. The van der Waals surface area contributed by atoms with E-state index in [0.717, 1.165) is 17.8 Å². The number of aryl methyl sites for hydroxylation is 1. The Bertz CT molecular complexity index is 733. The number of hydrogen-bond acceptors (Lipinski definition) is 2. The smallest absolute Gasteiger partial charge is 0.129 e. The third-order valence-corrected chi connectivity index (χ3v) is 3.62. The van der Waals surface area contributed by atoms with Crippen molar-refractivity contribution in [3.8, 4) is 11.1 Å². The standard InChI is InChI=1S/C18H18N2/c1-3-13-11-16-12-15(14-7-5-4-6-8-14)9-10-17(16)20-18(13)19-2/h4-12H,3H2,1-2H3,(H,19,20). The van der Waals surface area contributed by atoms with Crippen molar-refractivity contribution in [1.29, 1.82) is 0 Å². The molecule has 2 heteroatoms. The highest BCUT2D eigenvalue weighted by atomic mass is 15.0. The average Bonchev–Trinajstić information content (AvgIpc) is 2.53. The molecule has 1 heterocycles. The highest BCUT2D eigenvalue weighted by Gasteiger charge is 2.05. The zero-order chi connectivity index (χ0) is 13.9. The van der Waals surface area contributed by atoms with Gasteiger partial charge in [0.1, 0.15) is 5.82 Å². The molecule has 0 aliphatic rings. The fourth-order valence-electron chi connectivity index (χ4n) is 2.52. The summed E-state index contributed by atoms with van der Waals surface area (Å²) in [5, 5.41) is 4.37. The van der Waals surface area contributed by atoms with Crippen LogP contribution < -0.4 is 5.32 Å². The summed E-state index contributed by atoms with van der Waals surface area (Å²) in [5.74, 6) is 0.979. The summed E-state index contributed by atoms with van der Waals surface area (Å²) in [5.41, 5.74) is 4.76. The van der Waals surface area contributed by atoms with E-state index in [1.165, 1.54) is 22.1 Å². The molecule has 1 aromatic heterocycles. The summed E-state index contributed by atoms with van der Waals surface area (Å²) in [6, 6.07) is 19.1. The van der Waals surface area contributed by atoms with E-state index in [9.17, 15) is 0 Å². The number of nitrogens with zero attached hydrogens (tertiary/aromatic N) is 1. The van der Waals surface area contributed by atoms with Crippen LogP contribution in [0, 0.1) is 0 Å². The van der Waals surface area contributed by atoms with Gasteiger partial charge < -0.3 is 5.32 Å². The van der Waals surface area contributed by atoms with Gasteiger partial charge in [-0.05, 0) is 41.3 Å². The third-order valence-electron chi connectivity index (χ3n) is 3.62. The van der Waals surface area contributed by atoms with E-state index in [2.05, 4.69) is 65.8 Å². The van der Waals surface area contributed by atoms with Gasteiger partial charge in [-0.25, -0.2) is 4.98 Å². The fraction of sp³-hybridized carbons (Fsp3) is 0.167. The number of nitrogens with one attached hydrogen (secondary N) is 1. The number of rotatable bonds is 3. The molecular weight excluding hydrogens is 244 g/mol. The number of benzene rings is 2. The van der Waals surface area contributed by atoms with Crippen LogP contribution in [0.15, 0.2) is 54.6 Å². The highest BCUT2D eigenvalue weighted by molar-refractivity contribution is 5.86. The maximum Gasteiger partial charge on any atom is 0.129 e. The molecule has 0 atom stereocenters. The molecule has 2 nitrogen and oxygen atoms in total. The Balaban J connectivity index is 2.16. The van der Waals surface area contributed by atoms with Gasteiger partial charge in [-0.1, -0.05) is 43.3 Å². The minimum absolute atomic E-state index is 0.979. The molecule has 2 aromatic carbocycles. The van der Waals surface area contributed by atoms with E-state index in [-0.39, 0.29) is 0 Å². The van der Waals surface area contributed by atoms with Crippen molar-refractivity contribution < 1.29 is 0 Å². The lowest BCUT2D eigenvalue weighted by Crippen LogP contribution is -1.98. The Morgan fingerprint density at radius 1 is 0.950 bits per heavy atom. The Morgan fingerprint density at radius 3 is 2.45 bits per heavy atom. The molecule has 0 unspecified atom stereocenters. The number of aromatic nitrogens is 1. The summed E-state index contributed by atoms with van der Waals surface area (Å²) in [6.07, 6.45) is 0.981. The summed E-state index contributed by atoms with van der Waals surface area (Å²) in [7, 11) is 1.92. The Hall–Kier alpha value is -2.35. The Kier molecular flexibility index (Phi) is 3.38. The van der Waals surface area contributed by atoms with Crippen molar-refractivity contribution >= 4 is 16.7 Å². The van der Waals surface area contributed by atoms with E-state index >= 15 is 0 Å². The Labute approximate surface area is 119 Å². The molecule has 0 saturated heterocycles. The quantitative estimate of drug-likeness (QED) is 0.751. The second-order valence-corrected chi connectivity index (χ2v) is 4.87. The lowest BCUT2D eigenvalue weighted by atomic mass is 10.0. The van der Waals surface area contributed by atoms with Crippen molar-refractivity contribution in [2.45, 2.75) is 13.3 Å². The van der Waals surface area contributed by atoms with Crippen molar-refractivity contribution in [2.75, 3.05) is 12.4 Å². The molecule has 20 heavy (non-hydrogen) atoms. The van der Waals surface area contributed by atoms with Gasteiger partial charge in [0.25, 0.3) is 0 Å². The van der Waals surface area contributed by atoms with Crippen LogP contribution in [-0.2, 0) is 6.42 Å². The van der Waals surface area contributed by atoms with E-state index in [0.29, 0.717) is 0 Å². The second-order valence-electron chi connectivity index (χ2n) is 4.87. The van der Waals surface area contributed by atoms with E-state index in [1.54, 1.807) is 0 Å². The minimum Gasteiger partial charge on any atom is -0.373 e. The van der Waals surface area contributed by atoms with Crippen molar-refractivity contribution in [3.63, 3.8) is 0 Å². The molecule has 3 rings (SSSR count). The Morgan fingerprint density at radius 2 is 1.75 bits per heavy atom. The predicted octanol–water partition coefficient (Wildman–Crippen LogP) is 4.51. The van der Waals surface area contributed by atoms with Gasteiger partial charge in [-0.3, -0.25) is 0 Å². The molecule has 0 amide bonds. The van der Waals surface area contributed by atoms with Gasteiger partial charge >= 0.3 is 0 Å². The van der Waals surface area contributed by atoms with Crippen LogP contribution in [0.2, 0.25) is 0 Å². The van der Waals surface area contributed by atoms with Gasteiger partial charge in [-0.15, -0.1) is 0 Å². The minimum atomic E-state index is 0.979. The summed E-state index contributed by atoms with van der Waals surface area (Å²) < 4.78 is 0. The van der Waals surface area contributed by atoms with Crippen LogP contribution in [0.25, 0.3) is 22.0 Å². The fourth-order valence-corrected chi connectivity index (χ4v) is 2.52. The number of anilines is 1. The molecule has 0 aliphatic heterocycles. The lowest BCUT2D eigenvalue weighted by Gasteiger charge is -2.10. The normalized spacial score (nSPS) is 10.7. The second kappa shape index (κ2) is 5.33. The largest absolute Gasteiger partial charge is 0.373 e. The molecule has 0 spiro atoms. The maximum atomic E-state index is 4.69. The van der Waals surface area contributed by atoms with Crippen molar-refractivity contribution in [1.82, 2.24) is 4.98 Å². The molecule has 0 bridgehead atoms. The third kappa shape index (κ3) is 2.25. The first-order valence-corrected chi connectivity index (χ1v) is 6.98. The summed E-state index contributed by atoms with van der Waals surface area (Å²) in [6.45, 7) is 2.16. The summed E-state index contributed by atoms with van der Waals surface area (Å²) in [4.78, 5) is 4.69. The van der Waals surface area contributed by atoms with Crippen LogP contribution in [0.4, 0.5) is 5.82 Å². The van der Waals surface area contributed by atoms with Crippen LogP contribution in [0.3, 0.4) is 0 Å². The lowest BCUT2D eigenvalue weighted by molar-refractivity contribution is 1.12. The van der Waals surface area contributed by atoms with E-state index in [1.807, 2.05) is 13.1 Å². The topological polar surface area (TPSA) is 24.9 Å². The molecule has 0 aliphatic carbocycles. The SMILES string of the molecule is CCc1cc2cc(-c3ccccc3)ccc2nc1NC. The van der Waals surface area contributed by atoms with Gasteiger partial charge in [0.15, 0.2) is 0 Å². The van der Waals surface area contributed by atoms with Gasteiger partial charge in [0, 0.05) is 12.4 Å². The van der Waals surface area contributed by atoms with E-state index in [4.69, 9.17) is 0 Å². The number of fused-ring (bicyclic) bond motifs is 1. The van der Waals surface area contributed by atoms with Gasteiger partial charge in [0.2, 0.25) is 0 Å². The van der Waals surface area contributed by atoms with Crippen molar-refractivity contribution in [3.05, 3.63) is 60.2 Å². The predicted molar refractivity (Wildman–Crippen MR) is 86.1 cm³/mol. The number of hydrogen-bond donors (Lipinski definition) is 1. The average molecular weight is 262 g/mol. The van der Waals surface area contributed by atoms with Crippen molar-refractivity contribution in [2.24, 2.45) is 0 Å². The van der Waals surface area contributed by atoms with Crippen LogP contribution in [-0.4, -0.2) is 12.0 Å². The maximum absolute atomic E-state index is 4.69. The zero-order valence-electron chi connectivity index (χ0n) is 11.9. The first-order valence-electron chi connectivity index (χ1n) is 6.98. The molecule has 1 N–H and O–H groups in total. The first kappa shape index (κ1) is 12.7. The molecule has 0 fully saturated rings. The number of pyridine rings is 1. The molecule has 0 radical (unpaired) electrons. The zero-order valence-corrected chi connectivity index (χ0v) is 11.9. The monoisotopic (exact) mass is 262 g/mol. The van der Waals surface area contributed by atoms with Gasteiger partial charge in [-0.2, -0.15) is 0 Å². The summed E-state index contributed by atoms with van der Waals surface area (Å²) >= 11 is 0.